The van der Waals surface area contributed by atoms with Crippen LogP contribution in [0.5, 0.6) is 5.75 Å². The predicted octanol–water partition coefficient (Wildman–Crippen LogP) is 3.67. The van der Waals surface area contributed by atoms with Gasteiger partial charge in [0.2, 0.25) is 11.8 Å². The van der Waals surface area contributed by atoms with Crippen LogP contribution in [0.1, 0.15) is 29.6 Å². The molecule has 1 fully saturated rings. The van der Waals surface area contributed by atoms with Crippen molar-refractivity contribution in [2.45, 2.75) is 18.8 Å². The molecular weight excluding hydrogens is 368 g/mol. The first kappa shape index (κ1) is 17.5. The molecular formula is C22H20N4O3. The number of ether oxygens (including phenoxy) is 1. The molecule has 0 radical (unpaired) electrons. The van der Waals surface area contributed by atoms with Gasteiger partial charge in [0, 0.05) is 41.7 Å². The zero-order chi connectivity index (χ0) is 19.8. The Morgan fingerprint density at radius 2 is 2.03 bits per heavy atom. The number of aromatic nitrogens is 3. The lowest BCUT2D eigenvalue weighted by Gasteiger charge is -2.16. The second kappa shape index (κ2) is 7.09. The first-order valence-electron chi connectivity index (χ1n) is 9.53. The second-order valence-electron chi connectivity index (χ2n) is 7.19. The molecule has 1 N–H and O–H groups in total. The molecule has 0 aliphatic carbocycles. The Labute approximate surface area is 167 Å². The number of fused-ring (bicyclic) bond motifs is 1. The van der Waals surface area contributed by atoms with E-state index in [0.717, 1.165) is 27.9 Å². The molecule has 29 heavy (non-hydrogen) atoms. The van der Waals surface area contributed by atoms with E-state index in [2.05, 4.69) is 21.2 Å². The summed E-state index contributed by atoms with van der Waals surface area (Å²) in [6.07, 6.45) is 2.90. The van der Waals surface area contributed by atoms with E-state index in [1.807, 2.05) is 48.7 Å². The molecule has 2 aromatic carbocycles. The maximum absolute atomic E-state index is 12.5. The van der Waals surface area contributed by atoms with E-state index < -0.39 is 0 Å². The largest absolute Gasteiger partial charge is 0.497 e. The van der Waals surface area contributed by atoms with Crippen molar-refractivity contribution in [3.05, 3.63) is 72.0 Å². The number of anilines is 1. The van der Waals surface area contributed by atoms with E-state index in [1.165, 1.54) is 0 Å². The van der Waals surface area contributed by atoms with Crippen LogP contribution in [-0.2, 0) is 11.2 Å². The van der Waals surface area contributed by atoms with Crippen molar-refractivity contribution < 1.29 is 14.1 Å². The van der Waals surface area contributed by atoms with Gasteiger partial charge in [0.1, 0.15) is 5.75 Å². The summed E-state index contributed by atoms with van der Waals surface area (Å²) in [5.41, 5.74) is 3.04. The molecule has 0 spiro atoms. The van der Waals surface area contributed by atoms with Crippen molar-refractivity contribution >= 4 is 22.5 Å². The number of benzene rings is 2. The number of hydrogen-bond donors (Lipinski definition) is 1. The summed E-state index contributed by atoms with van der Waals surface area (Å²) >= 11 is 0. The zero-order valence-electron chi connectivity index (χ0n) is 16.0. The van der Waals surface area contributed by atoms with Crippen molar-refractivity contribution in [1.29, 1.82) is 0 Å². The number of methoxy groups -OCH3 is 1. The minimum absolute atomic E-state index is 0.0585. The molecule has 7 heteroatoms. The van der Waals surface area contributed by atoms with Crippen LogP contribution in [0.4, 0.5) is 5.69 Å². The lowest BCUT2D eigenvalue weighted by Crippen LogP contribution is -2.24. The third-order valence-electron chi connectivity index (χ3n) is 5.37. The number of rotatable bonds is 5. The minimum Gasteiger partial charge on any atom is -0.497 e. The van der Waals surface area contributed by atoms with Gasteiger partial charge in [-0.15, -0.1) is 0 Å². The van der Waals surface area contributed by atoms with Crippen LogP contribution in [0.25, 0.3) is 10.9 Å². The summed E-state index contributed by atoms with van der Waals surface area (Å²) < 4.78 is 10.7. The Bertz CT molecular complexity index is 1160. The Hall–Kier alpha value is -3.61. The molecule has 2 aromatic heterocycles. The smallest absolute Gasteiger partial charge is 0.231 e. The number of carbonyl (C=O) groups is 1. The van der Waals surface area contributed by atoms with Crippen molar-refractivity contribution in [2.75, 3.05) is 18.6 Å². The van der Waals surface area contributed by atoms with Crippen LogP contribution >= 0.6 is 0 Å². The summed E-state index contributed by atoms with van der Waals surface area (Å²) in [7, 11) is 1.62. The molecule has 1 saturated heterocycles. The number of para-hydroxylation sites is 1. The Morgan fingerprint density at radius 3 is 2.86 bits per heavy atom. The van der Waals surface area contributed by atoms with Gasteiger partial charge in [-0.3, -0.25) is 4.79 Å². The molecule has 1 aliphatic rings. The zero-order valence-corrected chi connectivity index (χ0v) is 16.0. The number of H-pyrrole nitrogens is 1. The monoisotopic (exact) mass is 388 g/mol. The molecule has 1 atom stereocenters. The van der Waals surface area contributed by atoms with Crippen molar-refractivity contribution in [3.8, 4) is 5.75 Å². The maximum atomic E-state index is 12.5. The van der Waals surface area contributed by atoms with E-state index in [9.17, 15) is 4.79 Å². The average molecular weight is 388 g/mol. The predicted molar refractivity (Wildman–Crippen MR) is 108 cm³/mol. The minimum atomic E-state index is -0.0786. The standard InChI is InChI=1S/C22H20N4O3/c1-28-17-8-6-16(7-9-17)26-13-15(11-21(26)27)22-24-20(29-25-22)10-14-12-23-19-5-3-2-4-18(14)19/h2-9,12,15,23H,10-11,13H2,1H3. The van der Waals surface area contributed by atoms with Crippen molar-refractivity contribution in [2.24, 2.45) is 0 Å². The van der Waals surface area contributed by atoms with E-state index >= 15 is 0 Å². The molecule has 3 heterocycles. The molecule has 7 nitrogen and oxygen atoms in total. The third kappa shape index (κ3) is 3.24. The Morgan fingerprint density at radius 1 is 1.21 bits per heavy atom. The first-order valence-corrected chi connectivity index (χ1v) is 9.53. The topological polar surface area (TPSA) is 84.2 Å². The normalized spacial score (nSPS) is 16.7. The summed E-state index contributed by atoms with van der Waals surface area (Å²) in [5.74, 6) is 1.88. The molecule has 1 aliphatic heterocycles. The van der Waals surface area contributed by atoms with Crippen LogP contribution in [-0.4, -0.2) is 34.7 Å². The quantitative estimate of drug-likeness (QED) is 0.564. The highest BCUT2D eigenvalue weighted by Gasteiger charge is 2.34. The van der Waals surface area contributed by atoms with Crippen LogP contribution in [0.15, 0.2) is 59.3 Å². The Balaban J connectivity index is 1.32. The van der Waals surface area contributed by atoms with Gasteiger partial charge in [0.25, 0.3) is 0 Å². The van der Waals surface area contributed by atoms with Crippen LogP contribution < -0.4 is 9.64 Å². The lowest BCUT2D eigenvalue weighted by molar-refractivity contribution is -0.117. The van der Waals surface area contributed by atoms with E-state index in [-0.39, 0.29) is 11.8 Å². The highest BCUT2D eigenvalue weighted by Crippen LogP contribution is 2.31. The fourth-order valence-electron chi connectivity index (χ4n) is 3.84. The van der Waals surface area contributed by atoms with Crippen molar-refractivity contribution in [1.82, 2.24) is 15.1 Å². The van der Waals surface area contributed by atoms with Crippen molar-refractivity contribution in [3.63, 3.8) is 0 Å². The van der Waals surface area contributed by atoms with E-state index in [4.69, 9.17) is 9.26 Å². The van der Waals surface area contributed by atoms with Crippen LogP contribution in [0.3, 0.4) is 0 Å². The van der Waals surface area contributed by atoms with E-state index in [0.29, 0.717) is 31.1 Å². The molecule has 1 unspecified atom stereocenters. The fraction of sp³-hybridized carbons (Fsp3) is 0.227. The third-order valence-corrected chi connectivity index (χ3v) is 5.37. The lowest BCUT2D eigenvalue weighted by atomic mass is 10.1. The molecule has 0 saturated carbocycles. The molecule has 1 amide bonds. The van der Waals surface area contributed by atoms with Gasteiger partial charge in [-0.1, -0.05) is 23.4 Å². The molecule has 5 rings (SSSR count). The van der Waals surface area contributed by atoms with Gasteiger partial charge in [-0.2, -0.15) is 4.98 Å². The summed E-state index contributed by atoms with van der Waals surface area (Å²) in [6.45, 7) is 0.539. The Kier molecular flexibility index (Phi) is 4.27. The fourth-order valence-corrected chi connectivity index (χ4v) is 3.84. The second-order valence-corrected chi connectivity index (χ2v) is 7.19. The number of nitrogens with one attached hydrogen (secondary N) is 1. The molecule has 0 bridgehead atoms. The number of aromatic amines is 1. The SMILES string of the molecule is COc1ccc(N2CC(c3noc(Cc4c[nH]c5ccccc45)n3)CC2=O)cc1. The van der Waals surface area contributed by atoms with E-state index in [1.54, 1.807) is 12.0 Å². The summed E-state index contributed by atoms with van der Waals surface area (Å²) in [4.78, 5) is 22.1. The molecule has 4 aromatic rings. The van der Waals surface area contributed by atoms with Gasteiger partial charge < -0.3 is 19.1 Å². The van der Waals surface area contributed by atoms with Crippen LogP contribution in [0.2, 0.25) is 0 Å². The number of nitrogens with zero attached hydrogens (tertiary/aromatic N) is 3. The van der Waals surface area contributed by atoms with Gasteiger partial charge in [-0.25, -0.2) is 0 Å². The van der Waals surface area contributed by atoms with Gasteiger partial charge in [0.05, 0.1) is 13.5 Å². The highest BCUT2D eigenvalue weighted by atomic mass is 16.5. The molecule has 146 valence electrons. The summed E-state index contributed by atoms with van der Waals surface area (Å²) in [6, 6.07) is 15.6. The number of carbonyl (C=O) groups excluding carboxylic acids is 1. The first-order chi connectivity index (χ1) is 14.2. The highest BCUT2D eigenvalue weighted by molar-refractivity contribution is 5.96. The van der Waals surface area contributed by atoms with Gasteiger partial charge in [0.15, 0.2) is 5.82 Å². The number of hydrogen-bond acceptors (Lipinski definition) is 5. The summed E-state index contributed by atoms with van der Waals surface area (Å²) in [5, 5.41) is 5.30. The van der Waals surface area contributed by atoms with Crippen LogP contribution in [0, 0.1) is 0 Å². The van der Waals surface area contributed by atoms with Gasteiger partial charge >= 0.3 is 0 Å². The van der Waals surface area contributed by atoms with Gasteiger partial charge in [-0.05, 0) is 35.9 Å². The maximum Gasteiger partial charge on any atom is 0.231 e. The number of amides is 1. The average Bonchev–Trinajstić information content (AvgIpc) is 3.48.